The Morgan fingerprint density at radius 2 is 2.05 bits per heavy atom. The first kappa shape index (κ1) is 16.8. The molecule has 0 aromatic carbocycles. The van der Waals surface area contributed by atoms with Gasteiger partial charge in [0.25, 0.3) is 0 Å². The van der Waals surface area contributed by atoms with E-state index in [4.69, 9.17) is 4.74 Å². The normalized spacial score (nSPS) is 28.5. The van der Waals surface area contributed by atoms with Gasteiger partial charge in [-0.3, -0.25) is 10.1 Å². The van der Waals surface area contributed by atoms with Gasteiger partial charge in [0.2, 0.25) is 0 Å². The Morgan fingerprint density at radius 1 is 1.33 bits per heavy atom. The zero-order valence-corrected chi connectivity index (χ0v) is 14.2. The average Bonchev–Trinajstić information content (AvgIpc) is 3.25. The summed E-state index contributed by atoms with van der Waals surface area (Å²) in [7, 11) is 1.49. The van der Waals surface area contributed by atoms with Gasteiger partial charge in [-0.15, -0.1) is 0 Å². The summed E-state index contributed by atoms with van der Waals surface area (Å²) in [5.74, 6) is 0.711. The number of carbonyl (C=O) groups is 1. The molecule has 0 amide bonds. The lowest BCUT2D eigenvalue weighted by molar-refractivity contribution is -0.149. The third-order valence-electron chi connectivity index (χ3n) is 5.11. The van der Waals surface area contributed by atoms with Crippen molar-refractivity contribution in [2.24, 2.45) is 5.92 Å². The van der Waals surface area contributed by atoms with Gasteiger partial charge in [0.1, 0.15) is 5.54 Å². The summed E-state index contributed by atoms with van der Waals surface area (Å²) in [6, 6.07) is 0.913. The molecule has 2 fully saturated rings. The SMILES string of the molecule is COC(=O)C(C)(CC(C)N1CCCC(C)CC1)NC1CC1. The number of nitrogens with one attached hydrogen (secondary N) is 1. The molecule has 4 heteroatoms. The van der Waals surface area contributed by atoms with E-state index in [1.54, 1.807) is 0 Å². The van der Waals surface area contributed by atoms with E-state index in [1.165, 1.54) is 39.2 Å². The van der Waals surface area contributed by atoms with Gasteiger partial charge in [0.05, 0.1) is 7.11 Å². The van der Waals surface area contributed by atoms with E-state index >= 15 is 0 Å². The highest BCUT2D eigenvalue weighted by Gasteiger charge is 2.41. The number of esters is 1. The van der Waals surface area contributed by atoms with Crippen molar-refractivity contribution in [2.45, 2.75) is 76.9 Å². The Labute approximate surface area is 129 Å². The smallest absolute Gasteiger partial charge is 0.325 e. The lowest BCUT2D eigenvalue weighted by Crippen LogP contribution is -2.55. The van der Waals surface area contributed by atoms with Crippen molar-refractivity contribution in [3.8, 4) is 0 Å². The minimum Gasteiger partial charge on any atom is -0.468 e. The topological polar surface area (TPSA) is 41.6 Å². The second-order valence-electron chi connectivity index (χ2n) is 7.37. The van der Waals surface area contributed by atoms with Gasteiger partial charge >= 0.3 is 5.97 Å². The first-order valence-electron chi connectivity index (χ1n) is 8.55. The van der Waals surface area contributed by atoms with E-state index in [0.29, 0.717) is 12.1 Å². The van der Waals surface area contributed by atoms with Crippen molar-refractivity contribution in [1.82, 2.24) is 10.2 Å². The fourth-order valence-electron chi connectivity index (χ4n) is 3.55. The van der Waals surface area contributed by atoms with Crippen LogP contribution in [0.3, 0.4) is 0 Å². The second kappa shape index (κ2) is 7.10. The maximum Gasteiger partial charge on any atom is 0.325 e. The molecular formula is C17H32N2O2. The van der Waals surface area contributed by atoms with E-state index in [2.05, 4.69) is 24.1 Å². The highest BCUT2D eigenvalue weighted by atomic mass is 16.5. The molecule has 1 saturated heterocycles. The van der Waals surface area contributed by atoms with Crippen LogP contribution in [0.2, 0.25) is 0 Å². The molecule has 1 aliphatic carbocycles. The maximum atomic E-state index is 12.2. The van der Waals surface area contributed by atoms with Crippen LogP contribution in [0.25, 0.3) is 0 Å². The van der Waals surface area contributed by atoms with Crippen molar-refractivity contribution in [3.05, 3.63) is 0 Å². The quantitative estimate of drug-likeness (QED) is 0.765. The number of nitrogens with zero attached hydrogens (tertiary/aromatic N) is 1. The summed E-state index contributed by atoms with van der Waals surface area (Å²) >= 11 is 0. The number of hydrogen-bond acceptors (Lipinski definition) is 4. The van der Waals surface area contributed by atoms with Crippen LogP contribution in [0.15, 0.2) is 0 Å². The fourth-order valence-corrected chi connectivity index (χ4v) is 3.55. The Kier molecular flexibility index (Phi) is 5.67. The summed E-state index contributed by atoms with van der Waals surface area (Å²) in [4.78, 5) is 14.8. The molecule has 2 rings (SSSR count). The number of likely N-dealkylation sites (tertiary alicyclic amines) is 1. The van der Waals surface area contributed by atoms with Crippen LogP contribution in [0.5, 0.6) is 0 Å². The predicted molar refractivity (Wildman–Crippen MR) is 85.2 cm³/mol. The Hall–Kier alpha value is -0.610. The average molecular weight is 296 g/mol. The molecule has 1 heterocycles. The molecule has 1 aliphatic heterocycles. The Balaban J connectivity index is 1.96. The van der Waals surface area contributed by atoms with Crippen molar-refractivity contribution >= 4 is 5.97 Å². The van der Waals surface area contributed by atoms with E-state index in [1.807, 2.05) is 6.92 Å². The maximum absolute atomic E-state index is 12.2. The monoisotopic (exact) mass is 296 g/mol. The van der Waals surface area contributed by atoms with Crippen LogP contribution < -0.4 is 5.32 Å². The van der Waals surface area contributed by atoms with Gasteiger partial charge in [0, 0.05) is 12.1 Å². The van der Waals surface area contributed by atoms with Crippen LogP contribution >= 0.6 is 0 Å². The number of rotatable bonds is 6. The van der Waals surface area contributed by atoms with Crippen molar-refractivity contribution in [1.29, 1.82) is 0 Å². The largest absolute Gasteiger partial charge is 0.468 e. The number of methoxy groups -OCH3 is 1. The highest BCUT2D eigenvalue weighted by molar-refractivity contribution is 5.80. The van der Waals surface area contributed by atoms with Crippen LogP contribution in [-0.4, -0.2) is 48.7 Å². The number of carbonyl (C=O) groups excluding carboxylic acids is 1. The van der Waals surface area contributed by atoms with Gasteiger partial charge in [-0.25, -0.2) is 0 Å². The summed E-state index contributed by atoms with van der Waals surface area (Å²) < 4.78 is 5.05. The summed E-state index contributed by atoms with van der Waals surface area (Å²) in [5.41, 5.74) is -0.548. The highest BCUT2D eigenvalue weighted by Crippen LogP contribution is 2.28. The first-order valence-corrected chi connectivity index (χ1v) is 8.55. The molecule has 1 N–H and O–H groups in total. The standard InChI is InChI=1S/C17H32N2O2/c1-13-6-5-10-19(11-9-13)14(2)12-17(3,16(20)21-4)18-15-7-8-15/h13-15,18H,5-12H2,1-4H3. The number of hydrogen-bond donors (Lipinski definition) is 1. The molecule has 21 heavy (non-hydrogen) atoms. The minimum absolute atomic E-state index is 0.121. The summed E-state index contributed by atoms with van der Waals surface area (Å²) in [5, 5.41) is 3.51. The molecular weight excluding hydrogens is 264 g/mol. The lowest BCUT2D eigenvalue weighted by atomic mass is 9.92. The van der Waals surface area contributed by atoms with Crippen LogP contribution in [0.4, 0.5) is 0 Å². The predicted octanol–water partition coefficient (Wildman–Crippen LogP) is 2.57. The molecule has 0 bridgehead atoms. The fraction of sp³-hybridized carbons (Fsp3) is 0.941. The molecule has 0 aromatic rings. The van der Waals surface area contributed by atoms with E-state index in [-0.39, 0.29) is 5.97 Å². The van der Waals surface area contributed by atoms with Crippen molar-refractivity contribution < 1.29 is 9.53 Å². The van der Waals surface area contributed by atoms with Crippen LogP contribution in [0, 0.1) is 5.92 Å². The number of ether oxygens (including phenoxy) is 1. The van der Waals surface area contributed by atoms with Crippen molar-refractivity contribution in [2.75, 3.05) is 20.2 Å². The van der Waals surface area contributed by atoms with Gasteiger partial charge in [-0.05, 0) is 71.4 Å². The summed E-state index contributed by atoms with van der Waals surface area (Å²) in [6.07, 6.45) is 7.07. The molecule has 0 radical (unpaired) electrons. The lowest BCUT2D eigenvalue weighted by Gasteiger charge is -2.35. The molecule has 3 unspecified atom stereocenters. The van der Waals surface area contributed by atoms with Gasteiger partial charge in [-0.2, -0.15) is 0 Å². The second-order valence-corrected chi connectivity index (χ2v) is 7.37. The molecule has 3 atom stereocenters. The third kappa shape index (κ3) is 4.68. The van der Waals surface area contributed by atoms with E-state index in [9.17, 15) is 4.79 Å². The first-order chi connectivity index (χ1) is 9.94. The van der Waals surface area contributed by atoms with Gasteiger partial charge in [0.15, 0.2) is 0 Å². The molecule has 2 aliphatic rings. The summed E-state index contributed by atoms with van der Waals surface area (Å²) in [6.45, 7) is 8.93. The van der Waals surface area contributed by atoms with E-state index < -0.39 is 5.54 Å². The molecule has 0 aromatic heterocycles. The van der Waals surface area contributed by atoms with Gasteiger partial charge in [-0.1, -0.05) is 6.92 Å². The molecule has 122 valence electrons. The molecule has 4 nitrogen and oxygen atoms in total. The Bertz CT molecular complexity index is 357. The van der Waals surface area contributed by atoms with Crippen molar-refractivity contribution in [3.63, 3.8) is 0 Å². The van der Waals surface area contributed by atoms with Gasteiger partial charge < -0.3 is 9.64 Å². The van der Waals surface area contributed by atoms with E-state index in [0.717, 1.165) is 25.4 Å². The molecule has 0 spiro atoms. The van der Waals surface area contributed by atoms with Crippen LogP contribution in [0.1, 0.15) is 59.3 Å². The van der Waals surface area contributed by atoms with Crippen LogP contribution in [-0.2, 0) is 9.53 Å². The molecule has 1 saturated carbocycles. The Morgan fingerprint density at radius 3 is 2.67 bits per heavy atom. The minimum atomic E-state index is -0.548. The third-order valence-corrected chi connectivity index (χ3v) is 5.11. The zero-order valence-electron chi connectivity index (χ0n) is 14.2. The zero-order chi connectivity index (χ0) is 15.5.